The zero-order chi connectivity index (χ0) is 14.2. The van der Waals surface area contributed by atoms with Crippen LogP contribution in [0, 0.1) is 0 Å². The molecule has 0 aromatic carbocycles. The van der Waals surface area contributed by atoms with E-state index in [2.05, 4.69) is 39.3 Å². The van der Waals surface area contributed by atoms with E-state index in [0.29, 0.717) is 0 Å². The summed E-state index contributed by atoms with van der Waals surface area (Å²) < 4.78 is 21.4. The Bertz CT molecular complexity index is 340. The van der Waals surface area contributed by atoms with Crippen LogP contribution in [0.2, 0.25) is 26.2 Å². The summed E-state index contributed by atoms with van der Waals surface area (Å²) in [7, 11) is -5.61. The average molecular weight is 302 g/mol. The molecule has 0 fully saturated rings. The maximum atomic E-state index is 11.4. The van der Waals surface area contributed by atoms with Crippen LogP contribution in [0.15, 0.2) is 48.5 Å². The van der Waals surface area contributed by atoms with Crippen LogP contribution in [0.1, 0.15) is 0 Å². The summed E-state index contributed by atoms with van der Waals surface area (Å²) >= 11 is 0. The Morgan fingerprint density at radius 1 is 0.889 bits per heavy atom. The van der Waals surface area contributed by atoms with Gasteiger partial charge in [-0.15, -0.1) is 13.2 Å². The van der Waals surface area contributed by atoms with Gasteiger partial charge in [-0.1, -0.05) is 49.0 Å². The molecule has 0 heterocycles. The molecule has 0 aliphatic carbocycles. The number of hydrogen-bond donors (Lipinski definition) is 0. The lowest BCUT2D eigenvalue weighted by molar-refractivity contribution is 0.356. The van der Waals surface area contributed by atoms with Gasteiger partial charge in [-0.25, -0.2) is 4.57 Å². The van der Waals surface area contributed by atoms with E-state index in [4.69, 9.17) is 9.05 Å². The largest absolute Gasteiger partial charge is 0.427 e. The fourth-order valence-electron chi connectivity index (χ4n) is 0.694. The molecule has 0 unspecified atom stereocenters. The summed E-state index contributed by atoms with van der Waals surface area (Å²) in [5.41, 5.74) is 7.67. The molecule has 0 radical (unpaired) electrons. The first-order valence-corrected chi connectivity index (χ1v) is 13.3. The fourth-order valence-corrected chi connectivity index (χ4v) is 2.49. The first-order valence-electron chi connectivity index (χ1n) is 5.72. The molecule has 0 atom stereocenters. The minimum atomic E-state index is -2.50. The van der Waals surface area contributed by atoms with Gasteiger partial charge < -0.3 is 9.05 Å². The van der Waals surface area contributed by atoms with Crippen molar-refractivity contribution >= 4 is 24.4 Å². The van der Waals surface area contributed by atoms with Gasteiger partial charge in [-0.3, -0.25) is 0 Å². The molecule has 0 aromatic rings. The van der Waals surface area contributed by atoms with Crippen molar-refractivity contribution in [3.8, 4) is 0 Å². The van der Waals surface area contributed by atoms with Gasteiger partial charge in [0.05, 0.1) is 28.7 Å². The van der Waals surface area contributed by atoms with Crippen molar-refractivity contribution in [1.29, 1.82) is 0 Å². The van der Waals surface area contributed by atoms with E-state index in [1.807, 2.05) is 22.8 Å². The van der Waals surface area contributed by atoms with E-state index in [1.54, 1.807) is 0 Å². The van der Waals surface area contributed by atoms with Crippen LogP contribution >= 0.6 is 8.25 Å². The molecular formula is C12H23O3PSi2. The molecule has 0 aliphatic rings. The molecule has 0 saturated carbocycles. The third kappa shape index (κ3) is 8.33. The van der Waals surface area contributed by atoms with Crippen molar-refractivity contribution in [2.75, 3.05) is 0 Å². The van der Waals surface area contributed by atoms with Crippen LogP contribution < -0.4 is 0 Å². The van der Waals surface area contributed by atoms with Gasteiger partial charge in [0.2, 0.25) is 0 Å². The molecule has 18 heavy (non-hydrogen) atoms. The smallest absolute Gasteiger partial charge is 0.417 e. The highest BCUT2D eigenvalue weighted by atomic mass is 31.1. The predicted molar refractivity (Wildman–Crippen MR) is 84.8 cm³/mol. The van der Waals surface area contributed by atoms with Crippen LogP contribution in [0.25, 0.3) is 0 Å². The van der Waals surface area contributed by atoms with E-state index in [9.17, 15) is 4.57 Å². The Hall–Kier alpha value is -0.776. The van der Waals surface area contributed by atoms with Crippen LogP contribution in [0.4, 0.5) is 0 Å². The lowest BCUT2D eigenvalue weighted by atomic mass is 11.2. The van der Waals surface area contributed by atoms with Crippen LogP contribution in [0.3, 0.4) is 0 Å². The van der Waals surface area contributed by atoms with E-state index in [0.717, 1.165) is 0 Å². The van der Waals surface area contributed by atoms with Crippen molar-refractivity contribution < 1.29 is 13.6 Å². The average Bonchev–Trinajstić information content (AvgIpc) is 2.28. The fraction of sp³-hybridized carbons (Fsp3) is 0.333. The van der Waals surface area contributed by atoms with Crippen molar-refractivity contribution in [1.82, 2.24) is 0 Å². The number of hydrogen-bond acceptors (Lipinski definition) is 3. The van der Waals surface area contributed by atoms with E-state index >= 15 is 0 Å². The molecule has 0 amide bonds. The second kappa shape index (κ2) is 7.61. The molecule has 0 aliphatic heterocycles. The van der Waals surface area contributed by atoms with Crippen molar-refractivity contribution in [3.63, 3.8) is 0 Å². The molecule has 3 nitrogen and oxygen atoms in total. The van der Waals surface area contributed by atoms with Gasteiger partial charge in [0, 0.05) is 0 Å². The molecule has 0 N–H and O–H groups in total. The molecule has 0 bridgehead atoms. The monoisotopic (exact) mass is 302 g/mol. The van der Waals surface area contributed by atoms with Gasteiger partial charge in [0.25, 0.3) is 0 Å². The summed E-state index contributed by atoms with van der Waals surface area (Å²) in [5.74, 6) is 0. The molecule has 0 spiro atoms. The van der Waals surface area contributed by atoms with Crippen molar-refractivity contribution in [2.45, 2.75) is 26.2 Å². The Kier molecular flexibility index (Phi) is 7.28. The Balaban J connectivity index is 4.15. The molecule has 6 heteroatoms. The first kappa shape index (κ1) is 17.2. The highest BCUT2D eigenvalue weighted by Gasteiger charge is 2.12. The van der Waals surface area contributed by atoms with E-state index in [1.165, 1.54) is 12.5 Å². The predicted octanol–water partition coefficient (Wildman–Crippen LogP) is 4.38. The molecule has 0 rings (SSSR count). The maximum absolute atomic E-state index is 11.4. The van der Waals surface area contributed by atoms with Crippen LogP contribution in [-0.2, 0) is 13.6 Å². The summed E-state index contributed by atoms with van der Waals surface area (Å²) in [6.07, 6.45) is 2.91. The minimum Gasteiger partial charge on any atom is -0.427 e. The zero-order valence-corrected chi connectivity index (χ0v) is 14.6. The van der Waals surface area contributed by atoms with E-state index in [-0.39, 0.29) is 0 Å². The highest BCUT2D eigenvalue weighted by molar-refractivity contribution is 7.33. The standard InChI is InChI=1S/C12H23O3PSi2/c1-7-17(3,4)11-9-14-16(13)15-10-12-18(5,6)8-2/h7-12,16H,1-2H2,3-6H3. The quantitative estimate of drug-likeness (QED) is 0.379. The summed E-state index contributed by atoms with van der Waals surface area (Å²) in [5, 5.41) is 0. The molecule has 0 aromatic heterocycles. The Morgan fingerprint density at radius 2 is 1.22 bits per heavy atom. The maximum Gasteiger partial charge on any atom is 0.417 e. The normalized spacial score (nSPS) is 14.7. The van der Waals surface area contributed by atoms with Crippen LogP contribution in [0.5, 0.6) is 0 Å². The third-order valence-electron chi connectivity index (χ3n) is 2.38. The van der Waals surface area contributed by atoms with Gasteiger partial charge >= 0.3 is 8.25 Å². The van der Waals surface area contributed by atoms with Gasteiger partial charge in [-0.2, -0.15) is 0 Å². The lowest BCUT2D eigenvalue weighted by Crippen LogP contribution is -2.18. The van der Waals surface area contributed by atoms with E-state index < -0.39 is 24.4 Å². The SMILES string of the molecule is C=C[Si](C)(C)C=CO[PH](=O)OC=C[Si](C)(C)C=C. The van der Waals surface area contributed by atoms with Gasteiger partial charge in [0.1, 0.15) is 0 Å². The van der Waals surface area contributed by atoms with Crippen molar-refractivity contribution in [2.24, 2.45) is 0 Å². The molecular weight excluding hydrogens is 279 g/mol. The van der Waals surface area contributed by atoms with Gasteiger partial charge in [-0.05, 0) is 0 Å². The highest BCUT2D eigenvalue weighted by Crippen LogP contribution is 2.25. The minimum absolute atomic E-state index is 1.46. The molecule has 0 saturated heterocycles. The van der Waals surface area contributed by atoms with Crippen LogP contribution in [-0.4, -0.2) is 16.1 Å². The second-order valence-electron chi connectivity index (χ2n) is 5.14. The second-order valence-corrected chi connectivity index (χ2v) is 14.9. The van der Waals surface area contributed by atoms with Crippen molar-refractivity contribution in [3.05, 3.63) is 48.5 Å². The van der Waals surface area contributed by atoms with Gasteiger partial charge in [0.15, 0.2) is 0 Å². The summed E-state index contributed by atoms with van der Waals surface area (Å²) in [4.78, 5) is 0. The number of rotatable bonds is 8. The topological polar surface area (TPSA) is 35.5 Å². The first-order chi connectivity index (χ1) is 8.22. The lowest BCUT2D eigenvalue weighted by Gasteiger charge is -2.11. The third-order valence-corrected chi connectivity index (χ3v) is 7.13. The molecule has 102 valence electrons. The summed E-state index contributed by atoms with van der Waals surface area (Å²) in [6, 6.07) is 0. The summed E-state index contributed by atoms with van der Waals surface area (Å²) in [6.45, 7) is 15.9. The Labute approximate surface area is 113 Å². The Morgan fingerprint density at radius 3 is 1.50 bits per heavy atom. The zero-order valence-electron chi connectivity index (χ0n) is 11.6.